The van der Waals surface area contributed by atoms with E-state index in [-0.39, 0.29) is 29.7 Å². The molecule has 3 heterocycles. The molecule has 0 aliphatic rings. The van der Waals surface area contributed by atoms with Gasteiger partial charge in [-0.05, 0) is 12.1 Å². The Kier molecular flexibility index (Phi) is 3.29. The van der Waals surface area contributed by atoms with Gasteiger partial charge < -0.3 is 19.8 Å². The molecule has 0 aliphatic carbocycles. The SMILES string of the molecule is O=C(NCc1nc(-c2ccc[nH]c2=O)no1)c1cnc[nH]1. The second-order valence-electron chi connectivity index (χ2n) is 4.07. The molecule has 0 saturated carbocycles. The molecule has 9 nitrogen and oxygen atoms in total. The summed E-state index contributed by atoms with van der Waals surface area (Å²) < 4.78 is 4.99. The van der Waals surface area contributed by atoms with Crippen LogP contribution in [0.1, 0.15) is 16.4 Å². The summed E-state index contributed by atoms with van der Waals surface area (Å²) in [5.74, 6) is 0.0218. The average Bonchev–Trinajstić information content (AvgIpc) is 3.17. The van der Waals surface area contributed by atoms with Crippen LogP contribution in [0.2, 0.25) is 0 Å². The zero-order valence-electron chi connectivity index (χ0n) is 10.7. The van der Waals surface area contributed by atoms with Crippen molar-refractivity contribution in [1.29, 1.82) is 0 Å². The van der Waals surface area contributed by atoms with E-state index in [1.54, 1.807) is 12.1 Å². The number of amides is 1. The van der Waals surface area contributed by atoms with Crippen LogP contribution in [0.5, 0.6) is 0 Å². The topological polar surface area (TPSA) is 130 Å². The quantitative estimate of drug-likeness (QED) is 0.622. The molecule has 0 fully saturated rings. The Morgan fingerprint density at radius 2 is 2.29 bits per heavy atom. The van der Waals surface area contributed by atoms with Crippen molar-refractivity contribution in [2.75, 3.05) is 0 Å². The van der Waals surface area contributed by atoms with Crippen LogP contribution < -0.4 is 10.9 Å². The summed E-state index contributed by atoms with van der Waals surface area (Å²) in [5, 5.41) is 6.30. The molecular weight excluding hydrogens is 276 g/mol. The molecule has 3 rings (SSSR count). The number of nitrogens with zero attached hydrogens (tertiary/aromatic N) is 3. The molecule has 0 bridgehead atoms. The molecule has 0 spiro atoms. The summed E-state index contributed by atoms with van der Waals surface area (Å²) in [6.45, 7) is 0.0512. The predicted molar refractivity (Wildman–Crippen MR) is 70.1 cm³/mol. The summed E-state index contributed by atoms with van der Waals surface area (Å²) in [6, 6.07) is 3.24. The largest absolute Gasteiger partial charge is 0.342 e. The summed E-state index contributed by atoms with van der Waals surface area (Å²) in [4.78, 5) is 36.3. The van der Waals surface area contributed by atoms with Crippen molar-refractivity contribution < 1.29 is 9.32 Å². The number of rotatable bonds is 4. The van der Waals surface area contributed by atoms with Gasteiger partial charge in [-0.1, -0.05) is 5.16 Å². The maximum Gasteiger partial charge on any atom is 0.269 e. The molecule has 3 aromatic rings. The normalized spacial score (nSPS) is 10.5. The van der Waals surface area contributed by atoms with Gasteiger partial charge in [-0.25, -0.2) is 4.98 Å². The van der Waals surface area contributed by atoms with Gasteiger partial charge in [0, 0.05) is 6.20 Å². The van der Waals surface area contributed by atoms with E-state index in [0.717, 1.165) is 0 Å². The fraction of sp³-hybridized carbons (Fsp3) is 0.0833. The molecular formula is C12H10N6O3. The fourth-order valence-corrected chi connectivity index (χ4v) is 1.66. The van der Waals surface area contributed by atoms with Crippen LogP contribution in [0, 0.1) is 0 Å². The second kappa shape index (κ2) is 5.41. The van der Waals surface area contributed by atoms with E-state index in [1.807, 2.05) is 0 Å². The van der Waals surface area contributed by atoms with Gasteiger partial charge in [-0.15, -0.1) is 0 Å². The molecule has 3 aromatic heterocycles. The highest BCUT2D eigenvalue weighted by Crippen LogP contribution is 2.09. The molecule has 0 aliphatic heterocycles. The van der Waals surface area contributed by atoms with Crippen molar-refractivity contribution in [3.63, 3.8) is 0 Å². The Labute approximate surface area is 117 Å². The van der Waals surface area contributed by atoms with E-state index < -0.39 is 0 Å². The molecule has 0 atom stereocenters. The molecule has 0 unspecified atom stereocenters. The lowest BCUT2D eigenvalue weighted by atomic mass is 10.3. The van der Waals surface area contributed by atoms with Crippen molar-refractivity contribution in [1.82, 2.24) is 30.4 Å². The van der Waals surface area contributed by atoms with E-state index in [9.17, 15) is 9.59 Å². The van der Waals surface area contributed by atoms with Crippen molar-refractivity contribution in [2.24, 2.45) is 0 Å². The minimum absolute atomic E-state index is 0.0512. The van der Waals surface area contributed by atoms with Crippen LogP contribution in [0.3, 0.4) is 0 Å². The lowest BCUT2D eigenvalue weighted by Crippen LogP contribution is -2.23. The van der Waals surface area contributed by atoms with E-state index in [1.165, 1.54) is 18.7 Å². The molecule has 21 heavy (non-hydrogen) atoms. The summed E-state index contributed by atoms with van der Waals surface area (Å²) in [6.07, 6.45) is 4.32. The third kappa shape index (κ3) is 2.71. The summed E-state index contributed by atoms with van der Waals surface area (Å²) in [7, 11) is 0. The highest BCUT2D eigenvalue weighted by Gasteiger charge is 2.13. The van der Waals surface area contributed by atoms with Gasteiger partial charge in [0.2, 0.25) is 11.7 Å². The van der Waals surface area contributed by atoms with Crippen LogP contribution in [0.25, 0.3) is 11.4 Å². The lowest BCUT2D eigenvalue weighted by Gasteiger charge is -1.98. The molecule has 1 amide bonds. The zero-order chi connectivity index (χ0) is 14.7. The smallest absolute Gasteiger partial charge is 0.269 e. The number of aromatic nitrogens is 5. The Hall–Kier alpha value is -3.23. The molecule has 106 valence electrons. The molecule has 9 heteroatoms. The van der Waals surface area contributed by atoms with Gasteiger partial charge in [0.1, 0.15) is 5.69 Å². The molecule has 3 N–H and O–H groups in total. The third-order valence-corrected chi connectivity index (χ3v) is 2.67. The van der Waals surface area contributed by atoms with Crippen LogP contribution >= 0.6 is 0 Å². The number of hydrogen-bond acceptors (Lipinski definition) is 6. The van der Waals surface area contributed by atoms with Gasteiger partial charge in [-0.2, -0.15) is 4.98 Å². The van der Waals surface area contributed by atoms with E-state index >= 15 is 0 Å². The second-order valence-corrected chi connectivity index (χ2v) is 4.07. The van der Waals surface area contributed by atoms with Gasteiger partial charge in [0.25, 0.3) is 11.5 Å². The van der Waals surface area contributed by atoms with Crippen molar-refractivity contribution in [3.8, 4) is 11.4 Å². The summed E-state index contributed by atoms with van der Waals surface area (Å²) in [5.41, 5.74) is 0.313. The van der Waals surface area contributed by atoms with Gasteiger partial charge in [0.15, 0.2) is 0 Å². The lowest BCUT2D eigenvalue weighted by molar-refractivity contribution is 0.0942. The minimum atomic E-state index is -0.343. The predicted octanol–water partition coefficient (Wildman–Crippen LogP) is 0.0780. The monoisotopic (exact) mass is 286 g/mol. The van der Waals surface area contributed by atoms with Crippen LogP contribution in [-0.2, 0) is 6.54 Å². The number of imidazole rings is 1. The maximum atomic E-state index is 11.7. The number of aromatic amines is 2. The third-order valence-electron chi connectivity index (χ3n) is 2.67. The number of pyridine rings is 1. The van der Waals surface area contributed by atoms with E-state index in [4.69, 9.17) is 4.52 Å². The highest BCUT2D eigenvalue weighted by atomic mass is 16.5. The number of hydrogen-bond donors (Lipinski definition) is 3. The fourth-order valence-electron chi connectivity index (χ4n) is 1.66. The van der Waals surface area contributed by atoms with Gasteiger partial charge in [-0.3, -0.25) is 9.59 Å². The first-order chi connectivity index (χ1) is 10.2. The maximum absolute atomic E-state index is 11.7. The molecule has 0 radical (unpaired) electrons. The van der Waals surface area contributed by atoms with Crippen LogP contribution in [0.15, 0.2) is 40.2 Å². The Morgan fingerprint density at radius 1 is 1.38 bits per heavy atom. The van der Waals surface area contributed by atoms with Gasteiger partial charge >= 0.3 is 0 Å². The Morgan fingerprint density at radius 3 is 3.05 bits per heavy atom. The molecule has 0 aromatic carbocycles. The van der Waals surface area contributed by atoms with Crippen molar-refractivity contribution in [2.45, 2.75) is 6.54 Å². The van der Waals surface area contributed by atoms with Gasteiger partial charge in [0.05, 0.1) is 24.6 Å². The Balaban J connectivity index is 1.70. The van der Waals surface area contributed by atoms with E-state index in [0.29, 0.717) is 11.3 Å². The summed E-state index contributed by atoms with van der Waals surface area (Å²) >= 11 is 0. The van der Waals surface area contributed by atoms with E-state index in [2.05, 4.69) is 30.4 Å². The van der Waals surface area contributed by atoms with Crippen molar-refractivity contribution >= 4 is 5.91 Å². The standard InChI is InChI=1S/C12H10N6O3/c19-11-7(2-1-3-14-11)10-17-9(21-18-10)5-15-12(20)8-4-13-6-16-8/h1-4,6H,5H2,(H,13,16)(H,14,19)(H,15,20). The van der Waals surface area contributed by atoms with Crippen LogP contribution in [0.4, 0.5) is 0 Å². The molecule has 0 saturated heterocycles. The number of carbonyl (C=O) groups excluding carboxylic acids is 1. The van der Waals surface area contributed by atoms with Crippen molar-refractivity contribution in [3.05, 3.63) is 52.8 Å². The minimum Gasteiger partial charge on any atom is -0.342 e. The average molecular weight is 286 g/mol. The Bertz CT molecular complexity index is 804. The number of H-pyrrole nitrogens is 2. The zero-order valence-corrected chi connectivity index (χ0v) is 10.7. The first-order valence-electron chi connectivity index (χ1n) is 6.01. The van der Waals surface area contributed by atoms with Crippen LogP contribution in [-0.4, -0.2) is 31.0 Å². The number of nitrogens with one attached hydrogen (secondary N) is 3. The first kappa shape index (κ1) is 12.8. The first-order valence-corrected chi connectivity index (χ1v) is 6.01. The number of carbonyl (C=O) groups is 1. The highest BCUT2D eigenvalue weighted by molar-refractivity contribution is 5.91.